The number of hydrogen-bond acceptors (Lipinski definition) is 7. The molecular weight excluding hydrogens is 535 g/mol. The molecule has 1 saturated carbocycles. The molecule has 0 radical (unpaired) electrons. The molecule has 4 heterocycles. The van der Waals surface area contributed by atoms with Crippen molar-refractivity contribution in [3.8, 4) is 22.3 Å². The summed E-state index contributed by atoms with van der Waals surface area (Å²) in [5.41, 5.74) is 11.7. The van der Waals surface area contributed by atoms with Crippen LogP contribution in [0.5, 0.6) is 0 Å². The van der Waals surface area contributed by atoms with Crippen LogP contribution in [0.4, 0.5) is 15.8 Å². The van der Waals surface area contributed by atoms with E-state index in [4.69, 9.17) is 22.3 Å². The third-order valence-electron chi connectivity index (χ3n) is 8.83. The number of aromatic carboxylic acids is 1. The highest BCUT2D eigenvalue weighted by atomic mass is 35.5. The van der Waals surface area contributed by atoms with Gasteiger partial charge in [0, 0.05) is 91.6 Å². The van der Waals surface area contributed by atoms with Gasteiger partial charge in [0.2, 0.25) is 5.43 Å². The molecule has 4 N–H and O–H groups in total. The maximum atomic E-state index is 15.1. The summed E-state index contributed by atoms with van der Waals surface area (Å²) < 4.78 is 16.6. The van der Waals surface area contributed by atoms with Gasteiger partial charge >= 0.3 is 5.97 Å². The van der Waals surface area contributed by atoms with E-state index in [-0.39, 0.29) is 27.4 Å². The minimum absolute atomic E-state index is 0.0431. The van der Waals surface area contributed by atoms with E-state index < -0.39 is 17.2 Å². The molecule has 1 spiro atoms. The van der Waals surface area contributed by atoms with Gasteiger partial charge in [0.05, 0.1) is 21.8 Å². The van der Waals surface area contributed by atoms with Crippen LogP contribution < -0.4 is 21.4 Å². The number of rotatable bonds is 4. The number of halogens is 2. The van der Waals surface area contributed by atoms with Crippen molar-refractivity contribution >= 4 is 40.0 Å². The average molecular weight is 561 g/mol. The highest BCUT2D eigenvalue weighted by molar-refractivity contribution is 6.34. The van der Waals surface area contributed by atoms with Crippen LogP contribution in [-0.2, 0) is 13.5 Å². The maximum absolute atomic E-state index is 15.1. The van der Waals surface area contributed by atoms with Crippen molar-refractivity contribution in [2.45, 2.75) is 25.3 Å². The fourth-order valence-electron chi connectivity index (χ4n) is 6.57. The SMILES string of the molecule is CNc1cc(F)c(Cl)c2c1Cc1ncc(-c3cnc4c(c3)c(=O)c(C(=O)O)cn4C)c(N3CC[C@@]4(C[C@@H]4N)C3)c1-2. The molecule has 7 rings (SSSR count). The zero-order chi connectivity index (χ0) is 28.1. The van der Waals surface area contributed by atoms with E-state index in [9.17, 15) is 14.7 Å². The van der Waals surface area contributed by atoms with Crippen molar-refractivity contribution in [3.05, 3.63) is 68.6 Å². The van der Waals surface area contributed by atoms with Gasteiger partial charge in [0.1, 0.15) is 17.0 Å². The molecule has 0 bridgehead atoms. The lowest BCUT2D eigenvalue weighted by Gasteiger charge is -2.26. The topological polar surface area (TPSA) is 126 Å². The Labute approximate surface area is 233 Å². The van der Waals surface area contributed by atoms with Crippen LogP contribution in [0.15, 0.2) is 35.5 Å². The number of anilines is 2. The molecule has 1 aromatic carbocycles. The number of carboxylic acids is 1. The Bertz CT molecular complexity index is 1860. The number of hydrogen-bond donors (Lipinski definition) is 3. The molecular formula is C29H26ClFN6O3. The first-order valence-corrected chi connectivity index (χ1v) is 13.5. The Balaban J connectivity index is 1.51. The molecule has 40 heavy (non-hydrogen) atoms. The van der Waals surface area contributed by atoms with E-state index >= 15 is 4.39 Å². The number of benzene rings is 1. The van der Waals surface area contributed by atoms with Crippen LogP contribution in [0.3, 0.4) is 0 Å². The molecule has 2 aliphatic carbocycles. The predicted octanol–water partition coefficient (Wildman–Crippen LogP) is 4.03. The molecule has 204 valence electrons. The zero-order valence-corrected chi connectivity index (χ0v) is 22.6. The second kappa shape index (κ2) is 8.49. The summed E-state index contributed by atoms with van der Waals surface area (Å²) in [6.45, 7) is 1.49. The van der Waals surface area contributed by atoms with Gasteiger partial charge in [-0.2, -0.15) is 0 Å². The van der Waals surface area contributed by atoms with Gasteiger partial charge < -0.3 is 25.6 Å². The Morgan fingerprint density at radius 3 is 2.73 bits per heavy atom. The van der Waals surface area contributed by atoms with Crippen molar-refractivity contribution in [2.24, 2.45) is 18.2 Å². The third kappa shape index (κ3) is 3.42. The smallest absolute Gasteiger partial charge is 0.341 e. The van der Waals surface area contributed by atoms with Crippen LogP contribution in [0.1, 0.15) is 34.5 Å². The lowest BCUT2D eigenvalue weighted by atomic mass is 9.97. The Kier molecular flexibility index (Phi) is 5.30. The van der Waals surface area contributed by atoms with E-state index in [1.165, 1.54) is 16.8 Å². The fraction of sp³-hybridized carbons (Fsp3) is 0.310. The molecule has 1 saturated heterocycles. The van der Waals surface area contributed by atoms with Gasteiger partial charge in [-0.3, -0.25) is 9.78 Å². The van der Waals surface area contributed by atoms with E-state index in [0.717, 1.165) is 48.4 Å². The van der Waals surface area contributed by atoms with Crippen molar-refractivity contribution in [1.82, 2.24) is 14.5 Å². The van der Waals surface area contributed by atoms with Gasteiger partial charge in [0.25, 0.3) is 0 Å². The molecule has 9 nitrogen and oxygen atoms in total. The summed E-state index contributed by atoms with van der Waals surface area (Å²) in [6, 6.07) is 3.21. The number of carbonyl (C=O) groups is 1. The molecule has 1 aliphatic heterocycles. The van der Waals surface area contributed by atoms with Crippen LogP contribution >= 0.6 is 11.6 Å². The van der Waals surface area contributed by atoms with Gasteiger partial charge in [-0.15, -0.1) is 0 Å². The highest BCUT2D eigenvalue weighted by Gasteiger charge is 2.56. The summed E-state index contributed by atoms with van der Waals surface area (Å²) >= 11 is 6.65. The fourth-order valence-corrected chi connectivity index (χ4v) is 6.84. The number of pyridine rings is 3. The summed E-state index contributed by atoms with van der Waals surface area (Å²) in [5, 5.41) is 12.9. The molecule has 3 aromatic heterocycles. The predicted molar refractivity (Wildman–Crippen MR) is 152 cm³/mol. The number of nitrogens with one attached hydrogen (secondary N) is 1. The van der Waals surface area contributed by atoms with Crippen LogP contribution in [-0.4, -0.2) is 51.8 Å². The first-order valence-electron chi connectivity index (χ1n) is 13.1. The molecule has 4 aromatic rings. The van der Waals surface area contributed by atoms with Crippen LogP contribution in [0, 0.1) is 11.2 Å². The summed E-state index contributed by atoms with van der Waals surface area (Å²) in [6.07, 6.45) is 7.08. The van der Waals surface area contributed by atoms with E-state index in [0.29, 0.717) is 34.4 Å². The lowest BCUT2D eigenvalue weighted by Crippen LogP contribution is -2.24. The average Bonchev–Trinajstić information content (AvgIpc) is 3.25. The summed E-state index contributed by atoms with van der Waals surface area (Å²) in [7, 11) is 3.40. The number of aryl methyl sites for hydroxylation is 1. The Hall–Kier alpha value is -4.02. The number of fused-ring (bicyclic) bond motifs is 4. The van der Waals surface area contributed by atoms with Gasteiger partial charge in [-0.05, 0) is 30.5 Å². The van der Waals surface area contributed by atoms with Crippen LogP contribution in [0.25, 0.3) is 33.3 Å². The van der Waals surface area contributed by atoms with Crippen molar-refractivity contribution in [1.29, 1.82) is 0 Å². The van der Waals surface area contributed by atoms with E-state index in [1.807, 2.05) is 0 Å². The zero-order valence-electron chi connectivity index (χ0n) is 21.9. The monoisotopic (exact) mass is 560 g/mol. The number of nitrogens with two attached hydrogens (primary N) is 1. The molecule has 2 atom stereocenters. The first kappa shape index (κ1) is 25.0. The van der Waals surface area contributed by atoms with Crippen molar-refractivity contribution < 1.29 is 14.3 Å². The van der Waals surface area contributed by atoms with Crippen molar-refractivity contribution in [2.75, 3.05) is 30.4 Å². The van der Waals surface area contributed by atoms with E-state index in [1.54, 1.807) is 32.6 Å². The minimum atomic E-state index is -1.30. The second-order valence-corrected chi connectivity index (χ2v) is 11.4. The van der Waals surface area contributed by atoms with Crippen molar-refractivity contribution in [3.63, 3.8) is 0 Å². The van der Waals surface area contributed by atoms with Gasteiger partial charge in [0.15, 0.2) is 0 Å². The number of nitrogens with zero attached hydrogens (tertiary/aromatic N) is 4. The first-order chi connectivity index (χ1) is 19.1. The molecule has 2 fully saturated rings. The molecule has 0 amide bonds. The Morgan fingerprint density at radius 1 is 1.27 bits per heavy atom. The normalized spacial score (nSPS) is 20.7. The van der Waals surface area contributed by atoms with Gasteiger partial charge in [-0.1, -0.05) is 11.6 Å². The molecule has 0 unspecified atom stereocenters. The van der Waals surface area contributed by atoms with Gasteiger partial charge in [-0.25, -0.2) is 14.2 Å². The number of aromatic nitrogens is 3. The quantitative estimate of drug-likeness (QED) is 0.301. The number of carboxylic acid groups (broad SMARTS) is 1. The highest BCUT2D eigenvalue weighted by Crippen LogP contribution is 2.57. The summed E-state index contributed by atoms with van der Waals surface area (Å²) in [4.78, 5) is 36.5. The standard InChI is InChI=1S/C29H26ClFN6O3/c1-33-19-7-18(31)24(30)22-14(19)6-20-23(22)25(37-4-3-29(12-37)8-21(29)32)16(10-34-20)13-5-15-26(38)17(28(39)40)11-36(2)27(15)35-9-13/h5,7,9-11,21,33H,3-4,6,8,12,32H2,1-2H3,(H,39,40)/t21-,29+/m0/s1. The summed E-state index contributed by atoms with van der Waals surface area (Å²) in [5.74, 6) is -1.82. The van der Waals surface area contributed by atoms with Crippen LogP contribution in [0.2, 0.25) is 5.02 Å². The van der Waals surface area contributed by atoms with E-state index in [2.05, 4.69) is 15.2 Å². The largest absolute Gasteiger partial charge is 0.477 e. The Morgan fingerprint density at radius 2 is 2.05 bits per heavy atom. The minimum Gasteiger partial charge on any atom is -0.477 e. The molecule has 3 aliphatic rings. The lowest BCUT2D eigenvalue weighted by molar-refractivity contribution is 0.0695. The molecule has 11 heteroatoms. The third-order valence-corrected chi connectivity index (χ3v) is 9.20. The second-order valence-electron chi connectivity index (χ2n) is 11.1. The maximum Gasteiger partial charge on any atom is 0.341 e.